The van der Waals surface area contributed by atoms with Crippen molar-refractivity contribution in [3.8, 4) is 11.3 Å². The maximum Gasteiger partial charge on any atom is 0.257 e. The molecule has 0 aliphatic carbocycles. The number of furan rings is 1. The van der Waals surface area contributed by atoms with Crippen LogP contribution in [0.1, 0.15) is 23.0 Å². The molecule has 26 heavy (non-hydrogen) atoms. The lowest BCUT2D eigenvalue weighted by Gasteiger charge is -2.22. The molecule has 1 saturated heterocycles. The van der Waals surface area contributed by atoms with Gasteiger partial charge in [-0.1, -0.05) is 37.3 Å². The van der Waals surface area contributed by atoms with E-state index >= 15 is 0 Å². The first-order chi connectivity index (χ1) is 12.5. The van der Waals surface area contributed by atoms with Gasteiger partial charge in [-0.2, -0.15) is 0 Å². The number of hydrogen-bond acceptors (Lipinski definition) is 4. The van der Waals surface area contributed by atoms with Gasteiger partial charge in [0.15, 0.2) is 0 Å². The molecule has 2 aromatic rings. The number of nitrogens with zero attached hydrogens (tertiary/aromatic N) is 2. The maximum absolute atomic E-state index is 13.2. The first-order valence-corrected chi connectivity index (χ1v) is 9.28. The van der Waals surface area contributed by atoms with Gasteiger partial charge >= 0.3 is 0 Å². The van der Waals surface area contributed by atoms with Gasteiger partial charge in [0, 0.05) is 37.7 Å². The van der Waals surface area contributed by atoms with E-state index in [0.717, 1.165) is 24.4 Å². The molecule has 140 valence electrons. The number of aliphatic hydroxyl groups is 1. The van der Waals surface area contributed by atoms with E-state index in [-0.39, 0.29) is 18.4 Å². The summed E-state index contributed by atoms with van der Waals surface area (Å²) in [5.41, 5.74) is 1.51. The highest BCUT2D eigenvalue weighted by atomic mass is 16.3. The molecule has 0 unspecified atom stereocenters. The van der Waals surface area contributed by atoms with E-state index in [2.05, 4.69) is 18.9 Å². The van der Waals surface area contributed by atoms with Crippen molar-refractivity contribution in [2.45, 2.75) is 13.8 Å². The monoisotopic (exact) mass is 356 g/mol. The van der Waals surface area contributed by atoms with Gasteiger partial charge in [0.2, 0.25) is 0 Å². The van der Waals surface area contributed by atoms with Gasteiger partial charge in [-0.3, -0.25) is 4.79 Å². The molecule has 0 radical (unpaired) electrons. The molecular formula is C21H28N2O3. The van der Waals surface area contributed by atoms with Crippen molar-refractivity contribution in [3.63, 3.8) is 0 Å². The fourth-order valence-electron chi connectivity index (χ4n) is 3.70. The molecule has 1 aliphatic rings. The first-order valence-electron chi connectivity index (χ1n) is 9.28. The van der Waals surface area contributed by atoms with Gasteiger partial charge < -0.3 is 19.3 Å². The maximum atomic E-state index is 13.2. The van der Waals surface area contributed by atoms with Crippen LogP contribution in [0.15, 0.2) is 40.8 Å². The Hall–Kier alpha value is -2.11. The highest BCUT2D eigenvalue weighted by Crippen LogP contribution is 2.31. The molecule has 0 spiro atoms. The van der Waals surface area contributed by atoms with Crippen LogP contribution >= 0.6 is 0 Å². The van der Waals surface area contributed by atoms with E-state index in [1.165, 1.54) is 0 Å². The summed E-state index contributed by atoms with van der Waals surface area (Å²) in [6, 6.07) is 11.6. The average Bonchev–Trinajstić information content (AvgIpc) is 3.25. The summed E-state index contributed by atoms with van der Waals surface area (Å²) >= 11 is 0. The van der Waals surface area contributed by atoms with Crippen LogP contribution in [-0.2, 0) is 0 Å². The number of amides is 1. The normalized spacial score (nSPS) is 20.1. The Morgan fingerprint density at radius 1 is 1.27 bits per heavy atom. The fraction of sp³-hybridized carbons (Fsp3) is 0.476. The summed E-state index contributed by atoms with van der Waals surface area (Å²) in [7, 11) is 2.08. The van der Waals surface area contributed by atoms with E-state index < -0.39 is 0 Å². The minimum absolute atomic E-state index is 0.0131. The van der Waals surface area contributed by atoms with Crippen LogP contribution in [0.2, 0.25) is 0 Å². The van der Waals surface area contributed by atoms with Crippen LogP contribution in [0.3, 0.4) is 0 Å². The summed E-state index contributed by atoms with van der Waals surface area (Å²) in [6.45, 7) is 7.21. The second kappa shape index (κ2) is 8.06. The lowest BCUT2D eigenvalue weighted by Crippen LogP contribution is -2.32. The summed E-state index contributed by atoms with van der Waals surface area (Å²) in [6.07, 6.45) is 0. The van der Waals surface area contributed by atoms with Crippen LogP contribution in [0.5, 0.6) is 0 Å². The number of hydrogen-bond donors (Lipinski definition) is 1. The van der Waals surface area contributed by atoms with Gasteiger partial charge in [-0.15, -0.1) is 0 Å². The van der Waals surface area contributed by atoms with Gasteiger partial charge in [-0.05, 0) is 32.5 Å². The molecule has 1 N–H and O–H groups in total. The van der Waals surface area contributed by atoms with Crippen LogP contribution < -0.4 is 0 Å². The summed E-state index contributed by atoms with van der Waals surface area (Å²) in [5.74, 6) is 1.76. The molecule has 5 heteroatoms. The minimum Gasteiger partial charge on any atom is -0.461 e. The molecule has 0 bridgehead atoms. The van der Waals surface area contributed by atoms with Crippen molar-refractivity contribution in [2.75, 3.05) is 39.8 Å². The highest BCUT2D eigenvalue weighted by Gasteiger charge is 2.36. The van der Waals surface area contributed by atoms with E-state index in [9.17, 15) is 9.90 Å². The molecule has 0 saturated carbocycles. The number of aryl methyl sites for hydroxylation is 1. The quantitative estimate of drug-likeness (QED) is 0.865. The summed E-state index contributed by atoms with van der Waals surface area (Å²) in [5, 5.41) is 9.75. The molecule has 1 aliphatic heterocycles. The molecule has 1 aromatic heterocycles. The molecule has 1 amide bonds. The number of carbonyl (C=O) groups is 1. The second-order valence-corrected chi connectivity index (χ2v) is 7.23. The number of rotatable bonds is 6. The molecule has 1 fully saturated rings. The van der Waals surface area contributed by atoms with E-state index in [1.807, 2.05) is 48.2 Å². The number of aliphatic hydroxyl groups excluding tert-OH is 1. The third-order valence-electron chi connectivity index (χ3n) is 5.31. The van der Waals surface area contributed by atoms with E-state index in [1.54, 1.807) is 0 Å². The van der Waals surface area contributed by atoms with Crippen molar-refractivity contribution in [1.29, 1.82) is 0 Å². The molecule has 1 aromatic carbocycles. The average molecular weight is 356 g/mol. The predicted molar refractivity (Wildman–Crippen MR) is 102 cm³/mol. The highest BCUT2D eigenvalue weighted by molar-refractivity contribution is 6.00. The fourth-order valence-corrected chi connectivity index (χ4v) is 3.70. The largest absolute Gasteiger partial charge is 0.461 e. The SMILES string of the molecule is CCN(C)C[C@@H]1CN(C(=O)c2cc(C)oc2-c2ccccc2)C[C@@H]1CO. The Morgan fingerprint density at radius 2 is 1.96 bits per heavy atom. The van der Waals surface area contributed by atoms with Crippen molar-refractivity contribution in [1.82, 2.24) is 9.80 Å². The Labute approximate surface area is 155 Å². The Morgan fingerprint density at radius 3 is 2.62 bits per heavy atom. The van der Waals surface area contributed by atoms with Gasteiger partial charge in [0.1, 0.15) is 11.5 Å². The zero-order valence-electron chi connectivity index (χ0n) is 15.8. The molecular weight excluding hydrogens is 328 g/mol. The third kappa shape index (κ3) is 3.84. The zero-order valence-corrected chi connectivity index (χ0v) is 15.8. The van der Waals surface area contributed by atoms with E-state index in [0.29, 0.717) is 30.3 Å². The standard InChI is InChI=1S/C21H28N2O3/c1-4-22(3)11-17-12-23(13-18(17)14-24)21(25)19-10-15(2)26-20(19)16-8-6-5-7-9-16/h5-10,17-18,24H,4,11-14H2,1-3H3/t17-,18-/m1/s1. The molecule has 2 atom stereocenters. The minimum atomic E-state index is -0.0131. The van der Waals surface area contributed by atoms with Crippen LogP contribution in [0, 0.1) is 18.8 Å². The summed E-state index contributed by atoms with van der Waals surface area (Å²) in [4.78, 5) is 17.3. The van der Waals surface area contributed by atoms with Gasteiger partial charge in [-0.25, -0.2) is 0 Å². The number of benzene rings is 1. The van der Waals surface area contributed by atoms with Crippen LogP contribution in [0.4, 0.5) is 0 Å². The number of likely N-dealkylation sites (tertiary alicyclic amines) is 1. The molecule has 3 rings (SSSR count). The van der Waals surface area contributed by atoms with Crippen molar-refractivity contribution < 1.29 is 14.3 Å². The van der Waals surface area contributed by atoms with Gasteiger partial charge in [0.25, 0.3) is 5.91 Å². The van der Waals surface area contributed by atoms with Crippen molar-refractivity contribution >= 4 is 5.91 Å². The van der Waals surface area contributed by atoms with Crippen molar-refractivity contribution in [3.05, 3.63) is 47.7 Å². The zero-order chi connectivity index (χ0) is 18.7. The summed E-state index contributed by atoms with van der Waals surface area (Å²) < 4.78 is 5.84. The Kier molecular flexibility index (Phi) is 5.79. The van der Waals surface area contributed by atoms with Crippen LogP contribution in [0.25, 0.3) is 11.3 Å². The lowest BCUT2D eigenvalue weighted by molar-refractivity contribution is 0.0779. The topological polar surface area (TPSA) is 56.9 Å². The van der Waals surface area contributed by atoms with Crippen LogP contribution in [-0.4, -0.2) is 60.6 Å². The lowest BCUT2D eigenvalue weighted by atomic mass is 9.96. The first kappa shape index (κ1) is 18.7. The molecule has 2 heterocycles. The Bertz CT molecular complexity index is 741. The predicted octanol–water partition coefficient (Wildman–Crippen LogP) is 2.89. The number of carbonyl (C=O) groups excluding carboxylic acids is 1. The second-order valence-electron chi connectivity index (χ2n) is 7.23. The van der Waals surface area contributed by atoms with Gasteiger partial charge in [0.05, 0.1) is 5.56 Å². The van der Waals surface area contributed by atoms with Crippen molar-refractivity contribution in [2.24, 2.45) is 11.8 Å². The third-order valence-corrected chi connectivity index (χ3v) is 5.31. The smallest absolute Gasteiger partial charge is 0.257 e. The van der Waals surface area contributed by atoms with E-state index in [4.69, 9.17) is 4.42 Å². The molecule has 5 nitrogen and oxygen atoms in total. The Balaban J connectivity index is 1.82.